The first-order chi connectivity index (χ1) is 13.5. The fraction of sp³-hybridized carbons (Fsp3) is 0.478. The molecule has 3 aliphatic rings. The van der Waals surface area contributed by atoms with E-state index in [0.717, 1.165) is 30.8 Å². The molecule has 1 aromatic rings. The molecule has 0 amide bonds. The fourth-order valence-electron chi connectivity index (χ4n) is 5.58. The maximum absolute atomic E-state index is 12.8. The third-order valence-electron chi connectivity index (χ3n) is 6.89. The first-order valence-electron chi connectivity index (χ1n) is 9.81. The molecular weight excluding hydrogens is 392 g/mol. The van der Waals surface area contributed by atoms with E-state index in [1.54, 1.807) is 0 Å². The second-order valence-corrected chi connectivity index (χ2v) is 9.93. The average molecular weight is 417 g/mol. The van der Waals surface area contributed by atoms with Crippen LogP contribution in [-0.2, 0) is 9.53 Å². The summed E-state index contributed by atoms with van der Waals surface area (Å²) in [5, 5.41) is 19.8. The van der Waals surface area contributed by atoms with Crippen LogP contribution in [0.2, 0.25) is 5.02 Å². The van der Waals surface area contributed by atoms with E-state index < -0.39 is 12.1 Å². The highest BCUT2D eigenvalue weighted by Gasteiger charge is 2.59. The van der Waals surface area contributed by atoms with Gasteiger partial charge in [0.1, 0.15) is 29.5 Å². The Kier molecular flexibility index (Phi) is 4.39. The van der Waals surface area contributed by atoms with Gasteiger partial charge < -0.3 is 14.9 Å². The van der Waals surface area contributed by atoms with E-state index in [1.165, 1.54) is 12.5 Å². The number of benzene rings is 1. The van der Waals surface area contributed by atoms with Gasteiger partial charge in [0.25, 0.3) is 0 Å². The van der Waals surface area contributed by atoms with Gasteiger partial charge in [-0.15, -0.1) is 0 Å². The molecule has 0 saturated heterocycles. The van der Waals surface area contributed by atoms with Gasteiger partial charge in [0.05, 0.1) is 5.02 Å². The van der Waals surface area contributed by atoms with E-state index in [1.807, 2.05) is 6.08 Å². The standard InChI is InChI=1S/C23H25ClO5/c1-11-18(15(26)6-16(27)20(11)24)21(28)29-17-9-23(4)14-8-22(2,3)7-12(14)5-13(10-25)19(17)23/h5-6,10,14,17,26-27H,7-9H2,1-4H3/t14-,17+,23+/m0/s1. The van der Waals surface area contributed by atoms with Gasteiger partial charge in [0.15, 0.2) is 0 Å². The third kappa shape index (κ3) is 2.90. The van der Waals surface area contributed by atoms with Gasteiger partial charge in [-0.3, -0.25) is 4.79 Å². The van der Waals surface area contributed by atoms with Crippen molar-refractivity contribution in [2.24, 2.45) is 16.7 Å². The number of hydrogen-bond acceptors (Lipinski definition) is 5. The summed E-state index contributed by atoms with van der Waals surface area (Å²) in [5.74, 6) is -1.05. The molecule has 2 N–H and O–H groups in total. The van der Waals surface area contributed by atoms with Crippen LogP contribution in [0.25, 0.3) is 0 Å². The number of halogens is 1. The predicted octanol–water partition coefficient (Wildman–Crippen LogP) is 4.87. The molecular formula is C23H25ClO5. The lowest BCUT2D eigenvalue weighted by atomic mass is 9.52. The predicted molar refractivity (Wildman–Crippen MR) is 109 cm³/mol. The highest BCUT2D eigenvalue weighted by Crippen LogP contribution is 2.64. The van der Waals surface area contributed by atoms with Crippen molar-refractivity contribution in [2.45, 2.75) is 53.1 Å². The van der Waals surface area contributed by atoms with Crippen LogP contribution in [0.5, 0.6) is 11.5 Å². The van der Waals surface area contributed by atoms with Crippen molar-refractivity contribution in [3.05, 3.63) is 45.0 Å². The molecule has 1 aromatic carbocycles. The Bertz CT molecular complexity index is 1000. The lowest BCUT2D eigenvalue weighted by Gasteiger charge is -2.54. The second-order valence-electron chi connectivity index (χ2n) is 9.55. The van der Waals surface area contributed by atoms with E-state index >= 15 is 0 Å². The summed E-state index contributed by atoms with van der Waals surface area (Å²) in [4.78, 5) is 24.6. The highest BCUT2D eigenvalue weighted by atomic mass is 35.5. The number of rotatable bonds is 3. The number of aldehydes is 1. The lowest BCUT2D eigenvalue weighted by Crippen LogP contribution is -2.51. The van der Waals surface area contributed by atoms with E-state index in [4.69, 9.17) is 16.3 Å². The zero-order valence-electron chi connectivity index (χ0n) is 17.0. The van der Waals surface area contributed by atoms with Gasteiger partial charge in [-0.05, 0) is 48.7 Å². The molecule has 3 atom stereocenters. The van der Waals surface area contributed by atoms with Crippen molar-refractivity contribution in [3.63, 3.8) is 0 Å². The molecule has 6 heteroatoms. The Balaban J connectivity index is 1.65. The number of aromatic hydroxyl groups is 2. The number of hydrogen-bond donors (Lipinski definition) is 2. The molecule has 29 heavy (non-hydrogen) atoms. The molecule has 154 valence electrons. The minimum absolute atomic E-state index is 0.000535. The molecule has 4 rings (SSSR count). The second kappa shape index (κ2) is 6.36. The maximum Gasteiger partial charge on any atom is 0.342 e. The minimum atomic E-state index is -0.715. The van der Waals surface area contributed by atoms with Crippen molar-refractivity contribution < 1.29 is 24.5 Å². The summed E-state index contributed by atoms with van der Waals surface area (Å²) in [5.41, 5.74) is 2.97. The fourth-order valence-corrected chi connectivity index (χ4v) is 5.73. The molecule has 0 unspecified atom stereocenters. The van der Waals surface area contributed by atoms with E-state index in [9.17, 15) is 19.8 Å². The molecule has 0 aliphatic heterocycles. The quantitative estimate of drug-likeness (QED) is 0.542. The van der Waals surface area contributed by atoms with Crippen LogP contribution in [-0.4, -0.2) is 28.6 Å². The normalized spacial score (nSPS) is 29.5. The Morgan fingerprint density at radius 3 is 2.59 bits per heavy atom. The van der Waals surface area contributed by atoms with Crippen molar-refractivity contribution in [3.8, 4) is 11.5 Å². The zero-order chi connectivity index (χ0) is 21.3. The van der Waals surface area contributed by atoms with Crippen LogP contribution in [0, 0.1) is 23.7 Å². The number of carbonyl (C=O) groups is 2. The molecule has 0 heterocycles. The summed E-state index contributed by atoms with van der Waals surface area (Å²) in [6.45, 7) is 8.17. The number of ether oxygens (including phenoxy) is 1. The Labute approximate surface area is 175 Å². The number of esters is 1. The van der Waals surface area contributed by atoms with E-state index in [-0.39, 0.29) is 38.5 Å². The van der Waals surface area contributed by atoms with Crippen LogP contribution < -0.4 is 0 Å². The average Bonchev–Trinajstić information content (AvgIpc) is 2.92. The first kappa shape index (κ1) is 20.0. The number of phenols is 2. The smallest absolute Gasteiger partial charge is 0.342 e. The maximum atomic E-state index is 12.8. The number of allylic oxidation sites excluding steroid dienone is 3. The highest BCUT2D eigenvalue weighted by molar-refractivity contribution is 6.33. The summed E-state index contributed by atoms with van der Waals surface area (Å²) in [6.07, 6.45) is 4.96. The molecule has 3 aliphatic carbocycles. The van der Waals surface area contributed by atoms with Gasteiger partial charge in [-0.25, -0.2) is 4.79 Å². The number of fused-ring (bicyclic) bond motifs is 3. The molecule has 2 fully saturated rings. The van der Waals surface area contributed by atoms with Crippen molar-refractivity contribution >= 4 is 23.9 Å². The summed E-state index contributed by atoms with van der Waals surface area (Å²) in [6, 6.07) is 1.03. The van der Waals surface area contributed by atoms with Crippen molar-refractivity contribution in [1.82, 2.24) is 0 Å². The van der Waals surface area contributed by atoms with Gasteiger partial charge in [-0.1, -0.05) is 44.0 Å². The number of carbonyl (C=O) groups excluding carboxylic acids is 2. The largest absolute Gasteiger partial charge is 0.507 e. The summed E-state index contributed by atoms with van der Waals surface area (Å²) in [7, 11) is 0. The van der Waals surface area contributed by atoms with Crippen LogP contribution in [0.15, 0.2) is 28.9 Å². The topological polar surface area (TPSA) is 83.8 Å². The van der Waals surface area contributed by atoms with Gasteiger partial charge in [-0.2, -0.15) is 0 Å². The van der Waals surface area contributed by atoms with E-state index in [0.29, 0.717) is 17.9 Å². The van der Waals surface area contributed by atoms with Gasteiger partial charge in [0.2, 0.25) is 0 Å². The van der Waals surface area contributed by atoms with Crippen molar-refractivity contribution in [1.29, 1.82) is 0 Å². The first-order valence-corrected chi connectivity index (χ1v) is 10.2. The monoisotopic (exact) mass is 416 g/mol. The van der Waals surface area contributed by atoms with Gasteiger partial charge in [0, 0.05) is 17.1 Å². The lowest BCUT2D eigenvalue weighted by molar-refractivity contribution is -0.105. The van der Waals surface area contributed by atoms with Crippen LogP contribution >= 0.6 is 11.6 Å². The zero-order valence-corrected chi connectivity index (χ0v) is 17.8. The Morgan fingerprint density at radius 2 is 1.93 bits per heavy atom. The summed E-state index contributed by atoms with van der Waals surface area (Å²) >= 11 is 6.02. The van der Waals surface area contributed by atoms with Crippen molar-refractivity contribution in [2.75, 3.05) is 0 Å². The molecule has 2 saturated carbocycles. The van der Waals surface area contributed by atoms with Crippen LogP contribution in [0.4, 0.5) is 0 Å². The molecule has 0 spiro atoms. The molecule has 0 aromatic heterocycles. The Morgan fingerprint density at radius 1 is 1.24 bits per heavy atom. The molecule has 0 bridgehead atoms. The van der Waals surface area contributed by atoms with Gasteiger partial charge >= 0.3 is 5.97 Å². The number of phenolic OH excluding ortho intramolecular Hbond substituents is 2. The SMILES string of the molecule is Cc1c(Cl)c(O)cc(O)c1C(=O)O[C@@H]1C[C@@]2(C)C1=C(C=O)C=C1CC(C)(C)C[C@@H]12. The van der Waals surface area contributed by atoms with E-state index in [2.05, 4.69) is 20.8 Å². The third-order valence-corrected chi connectivity index (χ3v) is 7.37. The Hall–Kier alpha value is -2.27. The van der Waals surface area contributed by atoms with Crippen LogP contribution in [0.1, 0.15) is 56.0 Å². The molecule has 5 nitrogen and oxygen atoms in total. The van der Waals surface area contributed by atoms with Crippen LogP contribution in [0.3, 0.4) is 0 Å². The molecule has 0 radical (unpaired) electrons. The summed E-state index contributed by atoms with van der Waals surface area (Å²) < 4.78 is 5.71. The minimum Gasteiger partial charge on any atom is -0.507 e.